The van der Waals surface area contributed by atoms with Crippen LogP contribution in [0.5, 0.6) is 0 Å². The van der Waals surface area contributed by atoms with E-state index in [1.165, 1.54) is 4.90 Å². The lowest BCUT2D eigenvalue weighted by molar-refractivity contribution is -0.150. The van der Waals surface area contributed by atoms with E-state index >= 15 is 0 Å². The summed E-state index contributed by atoms with van der Waals surface area (Å²) in [6.07, 6.45) is 3.22. The van der Waals surface area contributed by atoms with E-state index in [0.29, 0.717) is 13.0 Å². The Morgan fingerprint density at radius 3 is 2.25 bits per heavy atom. The summed E-state index contributed by atoms with van der Waals surface area (Å²) in [7, 11) is 0. The maximum absolute atomic E-state index is 12.4. The molecule has 0 spiro atoms. The molecule has 108 valence electrons. The van der Waals surface area contributed by atoms with Crippen LogP contribution in [0.1, 0.15) is 25.7 Å². The first-order valence-corrected chi connectivity index (χ1v) is 6.98. The van der Waals surface area contributed by atoms with Crippen LogP contribution in [0.25, 0.3) is 0 Å². The molecule has 1 N–H and O–H groups in total. The van der Waals surface area contributed by atoms with Gasteiger partial charge in [0.2, 0.25) is 23.6 Å². The minimum absolute atomic E-state index is 0.0497. The van der Waals surface area contributed by atoms with Crippen molar-refractivity contribution in [3.8, 4) is 0 Å². The zero-order valence-electron chi connectivity index (χ0n) is 11.1. The molecule has 1 aliphatic carbocycles. The topological polar surface area (TPSA) is 86.8 Å². The fourth-order valence-electron chi connectivity index (χ4n) is 2.86. The Bertz CT molecular complexity index is 470. The highest BCUT2D eigenvalue weighted by molar-refractivity contribution is 6.03. The molecule has 1 atom stereocenters. The first-order chi connectivity index (χ1) is 9.56. The highest BCUT2D eigenvalue weighted by Gasteiger charge is 2.43. The van der Waals surface area contributed by atoms with Crippen LogP contribution in [-0.2, 0) is 19.2 Å². The second-order valence-corrected chi connectivity index (χ2v) is 5.63. The SMILES string of the molecule is O=C1CN(C(=O)C2CCCN2C(=O)C2CC2)CC(=O)N1. The van der Waals surface area contributed by atoms with Gasteiger partial charge in [0.05, 0.1) is 0 Å². The molecule has 2 saturated heterocycles. The lowest BCUT2D eigenvalue weighted by atomic mass is 10.1. The van der Waals surface area contributed by atoms with Gasteiger partial charge in [-0.25, -0.2) is 0 Å². The number of likely N-dealkylation sites (tertiary alicyclic amines) is 1. The van der Waals surface area contributed by atoms with Crippen molar-refractivity contribution in [1.82, 2.24) is 15.1 Å². The Morgan fingerprint density at radius 1 is 1.00 bits per heavy atom. The molecule has 2 aliphatic heterocycles. The molecular weight excluding hydrogens is 262 g/mol. The van der Waals surface area contributed by atoms with Gasteiger partial charge in [0.25, 0.3) is 0 Å². The Hall–Kier alpha value is -1.92. The number of carbonyl (C=O) groups is 4. The predicted molar refractivity (Wildman–Crippen MR) is 67.2 cm³/mol. The van der Waals surface area contributed by atoms with E-state index in [1.54, 1.807) is 4.90 Å². The van der Waals surface area contributed by atoms with E-state index in [-0.39, 0.29) is 30.8 Å². The second-order valence-electron chi connectivity index (χ2n) is 5.63. The van der Waals surface area contributed by atoms with E-state index in [9.17, 15) is 19.2 Å². The summed E-state index contributed by atoms with van der Waals surface area (Å²) in [6.45, 7) is 0.388. The van der Waals surface area contributed by atoms with E-state index in [2.05, 4.69) is 5.32 Å². The van der Waals surface area contributed by atoms with Crippen LogP contribution in [0, 0.1) is 5.92 Å². The van der Waals surface area contributed by atoms with Crippen molar-refractivity contribution in [2.75, 3.05) is 19.6 Å². The van der Waals surface area contributed by atoms with E-state index in [0.717, 1.165) is 19.3 Å². The molecule has 3 aliphatic rings. The van der Waals surface area contributed by atoms with Crippen LogP contribution < -0.4 is 5.32 Å². The van der Waals surface area contributed by atoms with E-state index in [1.807, 2.05) is 0 Å². The van der Waals surface area contributed by atoms with E-state index < -0.39 is 17.9 Å². The average molecular weight is 279 g/mol. The zero-order valence-corrected chi connectivity index (χ0v) is 11.1. The minimum Gasteiger partial charge on any atom is -0.330 e. The van der Waals surface area contributed by atoms with Gasteiger partial charge in [-0.3, -0.25) is 24.5 Å². The van der Waals surface area contributed by atoms with Gasteiger partial charge in [0, 0.05) is 12.5 Å². The van der Waals surface area contributed by atoms with Gasteiger partial charge in [-0.05, 0) is 25.7 Å². The van der Waals surface area contributed by atoms with Gasteiger partial charge < -0.3 is 9.80 Å². The molecule has 0 radical (unpaired) electrons. The number of hydrogen-bond acceptors (Lipinski definition) is 4. The fraction of sp³-hybridized carbons (Fsp3) is 0.692. The van der Waals surface area contributed by atoms with Crippen LogP contribution in [0.4, 0.5) is 0 Å². The number of imide groups is 1. The molecule has 0 aromatic carbocycles. The summed E-state index contributed by atoms with van der Waals surface area (Å²) in [6, 6.07) is -0.498. The smallest absolute Gasteiger partial charge is 0.246 e. The molecular formula is C13H17N3O4. The summed E-state index contributed by atoms with van der Waals surface area (Å²) in [5.41, 5.74) is 0. The summed E-state index contributed by atoms with van der Waals surface area (Å²) >= 11 is 0. The van der Waals surface area contributed by atoms with Gasteiger partial charge in [-0.1, -0.05) is 0 Å². The zero-order chi connectivity index (χ0) is 14.3. The molecule has 0 bridgehead atoms. The summed E-state index contributed by atoms with van der Waals surface area (Å²) in [4.78, 5) is 50.1. The van der Waals surface area contributed by atoms with Gasteiger partial charge in [0.15, 0.2) is 0 Å². The second kappa shape index (κ2) is 4.88. The fourth-order valence-corrected chi connectivity index (χ4v) is 2.86. The minimum atomic E-state index is -0.498. The Kier molecular flexibility index (Phi) is 3.19. The van der Waals surface area contributed by atoms with Crippen molar-refractivity contribution < 1.29 is 19.2 Å². The molecule has 4 amide bonds. The molecule has 1 saturated carbocycles. The van der Waals surface area contributed by atoms with Crippen LogP contribution in [0.2, 0.25) is 0 Å². The molecule has 3 rings (SSSR count). The van der Waals surface area contributed by atoms with Crippen LogP contribution >= 0.6 is 0 Å². The molecule has 0 aromatic heterocycles. The number of piperazine rings is 1. The summed E-state index contributed by atoms with van der Waals surface area (Å²) < 4.78 is 0. The van der Waals surface area contributed by atoms with Crippen molar-refractivity contribution >= 4 is 23.6 Å². The third kappa shape index (κ3) is 2.39. The van der Waals surface area contributed by atoms with Crippen molar-refractivity contribution in [2.24, 2.45) is 5.92 Å². The Labute approximate surface area is 116 Å². The first kappa shape index (κ1) is 13.1. The Balaban J connectivity index is 1.70. The number of amides is 4. The standard InChI is InChI=1S/C13H17N3O4/c17-10-6-15(7-11(18)14-10)13(20)9-2-1-5-16(9)12(19)8-3-4-8/h8-9H,1-7H2,(H,14,17,18). The van der Waals surface area contributed by atoms with Crippen LogP contribution in [0.3, 0.4) is 0 Å². The highest BCUT2D eigenvalue weighted by Crippen LogP contribution is 2.34. The third-order valence-electron chi connectivity index (χ3n) is 4.01. The van der Waals surface area contributed by atoms with Crippen LogP contribution in [0.15, 0.2) is 0 Å². The van der Waals surface area contributed by atoms with Gasteiger partial charge in [-0.15, -0.1) is 0 Å². The molecule has 7 heteroatoms. The lowest BCUT2D eigenvalue weighted by Gasteiger charge is -2.31. The molecule has 0 aromatic rings. The summed E-state index contributed by atoms with van der Waals surface area (Å²) in [5.74, 6) is -1.08. The van der Waals surface area contributed by atoms with Crippen molar-refractivity contribution in [3.05, 3.63) is 0 Å². The van der Waals surface area contributed by atoms with Crippen molar-refractivity contribution in [2.45, 2.75) is 31.7 Å². The van der Waals surface area contributed by atoms with Crippen molar-refractivity contribution in [3.63, 3.8) is 0 Å². The first-order valence-electron chi connectivity index (χ1n) is 6.98. The maximum Gasteiger partial charge on any atom is 0.246 e. The van der Waals surface area contributed by atoms with E-state index in [4.69, 9.17) is 0 Å². The molecule has 20 heavy (non-hydrogen) atoms. The molecule has 3 fully saturated rings. The average Bonchev–Trinajstić information content (AvgIpc) is 3.13. The van der Waals surface area contributed by atoms with Gasteiger partial charge in [0.1, 0.15) is 19.1 Å². The van der Waals surface area contributed by atoms with Crippen LogP contribution in [-0.4, -0.2) is 59.1 Å². The quantitative estimate of drug-likeness (QED) is 0.648. The number of nitrogens with one attached hydrogen (secondary N) is 1. The number of nitrogens with zero attached hydrogens (tertiary/aromatic N) is 2. The lowest BCUT2D eigenvalue weighted by Crippen LogP contribution is -2.57. The maximum atomic E-state index is 12.4. The van der Waals surface area contributed by atoms with Crippen molar-refractivity contribution in [1.29, 1.82) is 0 Å². The molecule has 2 heterocycles. The van der Waals surface area contributed by atoms with Gasteiger partial charge >= 0.3 is 0 Å². The molecule has 7 nitrogen and oxygen atoms in total. The number of hydrogen-bond donors (Lipinski definition) is 1. The Morgan fingerprint density at radius 2 is 1.65 bits per heavy atom. The highest BCUT2D eigenvalue weighted by atomic mass is 16.2. The molecule has 1 unspecified atom stereocenters. The largest absolute Gasteiger partial charge is 0.330 e. The third-order valence-corrected chi connectivity index (χ3v) is 4.01. The monoisotopic (exact) mass is 279 g/mol. The predicted octanol–water partition coefficient (Wildman–Crippen LogP) is -1.13. The van der Waals surface area contributed by atoms with Gasteiger partial charge in [-0.2, -0.15) is 0 Å². The normalized spacial score (nSPS) is 26.7. The summed E-state index contributed by atoms with van der Waals surface area (Å²) in [5, 5.41) is 2.16. The number of carbonyl (C=O) groups excluding carboxylic acids is 4. The number of rotatable bonds is 2.